The van der Waals surface area contributed by atoms with Gasteiger partial charge >= 0.3 is 5.97 Å². The van der Waals surface area contributed by atoms with Crippen molar-refractivity contribution in [2.75, 3.05) is 6.54 Å². The van der Waals surface area contributed by atoms with E-state index >= 15 is 0 Å². The van der Waals surface area contributed by atoms with Gasteiger partial charge in [-0.25, -0.2) is 4.79 Å². The minimum Gasteiger partial charge on any atom is -0.478 e. The molecule has 80 valence electrons. The maximum atomic E-state index is 10.2. The summed E-state index contributed by atoms with van der Waals surface area (Å²) < 4.78 is 0. The molecule has 0 spiro atoms. The van der Waals surface area contributed by atoms with Crippen LogP contribution in [0.25, 0.3) is 0 Å². The standard InChI is InChI=1S/C11H19NO2/c1-10(2)8(11(10,3)4)7-12-6-5-9(13)14/h5-6,8,12H,7H2,1-4H3,(H,13,14)/b6-5+. The maximum absolute atomic E-state index is 10.2. The molecule has 0 aromatic heterocycles. The molecule has 0 aliphatic heterocycles. The number of nitrogens with one attached hydrogen (secondary N) is 1. The van der Waals surface area contributed by atoms with Gasteiger partial charge in [0, 0.05) is 18.8 Å². The summed E-state index contributed by atoms with van der Waals surface area (Å²) in [7, 11) is 0. The predicted octanol–water partition coefficient (Wildman–Crippen LogP) is 1.86. The van der Waals surface area contributed by atoms with E-state index in [1.807, 2.05) is 0 Å². The number of carboxylic acid groups (broad SMARTS) is 1. The Morgan fingerprint density at radius 3 is 2.21 bits per heavy atom. The van der Waals surface area contributed by atoms with Crippen molar-refractivity contribution < 1.29 is 9.90 Å². The molecule has 0 radical (unpaired) electrons. The number of carboxylic acids is 1. The van der Waals surface area contributed by atoms with Crippen molar-refractivity contribution >= 4 is 5.97 Å². The Kier molecular flexibility index (Phi) is 2.61. The van der Waals surface area contributed by atoms with Crippen molar-refractivity contribution in [2.45, 2.75) is 27.7 Å². The second-order valence-corrected chi connectivity index (χ2v) is 5.08. The Morgan fingerprint density at radius 1 is 1.36 bits per heavy atom. The Bertz CT molecular complexity index is 252. The van der Waals surface area contributed by atoms with Crippen LogP contribution in [0, 0.1) is 16.7 Å². The summed E-state index contributed by atoms with van der Waals surface area (Å²) >= 11 is 0. The molecule has 0 heterocycles. The highest BCUT2D eigenvalue weighted by Gasteiger charge is 2.63. The molecule has 0 atom stereocenters. The number of hydrogen-bond acceptors (Lipinski definition) is 2. The first-order valence-electron chi connectivity index (χ1n) is 4.93. The highest BCUT2D eigenvalue weighted by Crippen LogP contribution is 2.67. The molecule has 14 heavy (non-hydrogen) atoms. The zero-order valence-electron chi connectivity index (χ0n) is 9.29. The largest absolute Gasteiger partial charge is 0.478 e. The van der Waals surface area contributed by atoms with Crippen LogP contribution in [0.1, 0.15) is 27.7 Å². The quantitative estimate of drug-likeness (QED) is 0.676. The molecule has 3 heteroatoms. The summed E-state index contributed by atoms with van der Waals surface area (Å²) in [6, 6.07) is 0. The van der Waals surface area contributed by atoms with E-state index in [2.05, 4.69) is 33.0 Å². The monoisotopic (exact) mass is 197 g/mol. The summed E-state index contributed by atoms with van der Waals surface area (Å²) in [6.45, 7) is 9.85. The molecule has 0 saturated heterocycles. The molecule has 0 amide bonds. The van der Waals surface area contributed by atoms with E-state index in [1.165, 1.54) is 6.20 Å². The zero-order valence-corrected chi connectivity index (χ0v) is 9.29. The van der Waals surface area contributed by atoms with E-state index in [4.69, 9.17) is 5.11 Å². The Labute approximate surface area is 85.2 Å². The van der Waals surface area contributed by atoms with Gasteiger partial charge in [-0.1, -0.05) is 27.7 Å². The van der Waals surface area contributed by atoms with Crippen LogP contribution >= 0.6 is 0 Å². The molecule has 0 aromatic rings. The number of aliphatic carboxylic acids is 1. The van der Waals surface area contributed by atoms with Gasteiger partial charge in [-0.15, -0.1) is 0 Å². The summed E-state index contributed by atoms with van der Waals surface area (Å²) in [5, 5.41) is 11.4. The lowest BCUT2D eigenvalue weighted by atomic mass is 10.0. The third-order valence-electron chi connectivity index (χ3n) is 3.99. The number of rotatable bonds is 4. The summed E-state index contributed by atoms with van der Waals surface area (Å²) in [6.07, 6.45) is 2.63. The van der Waals surface area contributed by atoms with Crippen LogP contribution in [0.5, 0.6) is 0 Å². The van der Waals surface area contributed by atoms with Crippen molar-refractivity contribution in [3.05, 3.63) is 12.3 Å². The van der Waals surface area contributed by atoms with Gasteiger partial charge in [-0.3, -0.25) is 0 Å². The third kappa shape index (κ3) is 1.76. The van der Waals surface area contributed by atoms with E-state index in [1.54, 1.807) is 0 Å². The smallest absolute Gasteiger partial charge is 0.329 e. The summed E-state index contributed by atoms with van der Waals surface area (Å²) in [4.78, 5) is 10.2. The Balaban J connectivity index is 2.33. The summed E-state index contributed by atoms with van der Waals surface area (Å²) in [5.41, 5.74) is 0.716. The van der Waals surface area contributed by atoms with Gasteiger partial charge < -0.3 is 10.4 Å². The van der Waals surface area contributed by atoms with Crippen LogP contribution in [0.15, 0.2) is 12.3 Å². The minimum absolute atomic E-state index is 0.358. The van der Waals surface area contributed by atoms with Crippen molar-refractivity contribution in [3.63, 3.8) is 0 Å². The molecule has 2 N–H and O–H groups in total. The highest BCUT2D eigenvalue weighted by atomic mass is 16.4. The molecule has 0 aromatic carbocycles. The first-order valence-corrected chi connectivity index (χ1v) is 4.93. The second-order valence-electron chi connectivity index (χ2n) is 5.08. The topological polar surface area (TPSA) is 49.3 Å². The Morgan fingerprint density at radius 2 is 1.86 bits per heavy atom. The first-order chi connectivity index (χ1) is 6.30. The minimum atomic E-state index is -0.910. The molecule has 1 aliphatic carbocycles. The van der Waals surface area contributed by atoms with Gasteiger partial charge in [0.15, 0.2) is 0 Å². The lowest BCUT2D eigenvalue weighted by Crippen LogP contribution is -2.13. The molecule has 0 unspecified atom stereocenters. The Hall–Kier alpha value is -0.990. The predicted molar refractivity (Wildman–Crippen MR) is 55.8 cm³/mol. The van der Waals surface area contributed by atoms with Gasteiger partial charge in [0.2, 0.25) is 0 Å². The zero-order chi connectivity index (χ0) is 11.0. The van der Waals surface area contributed by atoms with Gasteiger partial charge in [0.1, 0.15) is 0 Å². The molecule has 1 aliphatic rings. The SMILES string of the molecule is CC1(C)C(CN/C=C/C(=O)O)C1(C)C. The lowest BCUT2D eigenvalue weighted by Gasteiger charge is -2.04. The average molecular weight is 197 g/mol. The van der Waals surface area contributed by atoms with Crippen LogP contribution in [0.4, 0.5) is 0 Å². The van der Waals surface area contributed by atoms with Gasteiger partial charge in [0.25, 0.3) is 0 Å². The van der Waals surface area contributed by atoms with E-state index in [0.29, 0.717) is 16.7 Å². The molecule has 3 nitrogen and oxygen atoms in total. The lowest BCUT2D eigenvalue weighted by molar-refractivity contribution is -0.131. The summed E-state index contributed by atoms with van der Waals surface area (Å²) in [5.74, 6) is -0.291. The van der Waals surface area contributed by atoms with E-state index < -0.39 is 5.97 Å². The highest BCUT2D eigenvalue weighted by molar-refractivity contribution is 5.79. The third-order valence-corrected chi connectivity index (χ3v) is 3.99. The van der Waals surface area contributed by atoms with Gasteiger partial charge in [-0.05, 0) is 16.7 Å². The average Bonchev–Trinajstić information content (AvgIpc) is 2.38. The maximum Gasteiger partial charge on any atom is 0.329 e. The van der Waals surface area contributed by atoms with Crippen LogP contribution in [0.2, 0.25) is 0 Å². The molecule has 1 fully saturated rings. The van der Waals surface area contributed by atoms with Crippen LogP contribution in [-0.4, -0.2) is 17.6 Å². The van der Waals surface area contributed by atoms with Gasteiger partial charge in [0.05, 0.1) is 0 Å². The van der Waals surface area contributed by atoms with Crippen molar-refractivity contribution in [2.24, 2.45) is 16.7 Å². The first kappa shape index (κ1) is 11.1. The van der Waals surface area contributed by atoms with Crippen molar-refractivity contribution in [3.8, 4) is 0 Å². The van der Waals surface area contributed by atoms with Crippen LogP contribution in [0.3, 0.4) is 0 Å². The number of hydrogen-bond donors (Lipinski definition) is 2. The molecule has 1 saturated carbocycles. The molecular formula is C11H19NO2. The van der Waals surface area contributed by atoms with E-state index in [0.717, 1.165) is 12.6 Å². The molecular weight excluding hydrogens is 178 g/mol. The number of carbonyl (C=O) groups is 1. The fourth-order valence-corrected chi connectivity index (χ4v) is 2.16. The second kappa shape index (κ2) is 3.30. The van der Waals surface area contributed by atoms with Crippen LogP contribution < -0.4 is 5.32 Å². The fraction of sp³-hybridized carbons (Fsp3) is 0.727. The molecule has 1 rings (SSSR count). The van der Waals surface area contributed by atoms with Crippen molar-refractivity contribution in [1.82, 2.24) is 5.32 Å². The van der Waals surface area contributed by atoms with Crippen LogP contribution in [-0.2, 0) is 4.79 Å². The van der Waals surface area contributed by atoms with Crippen molar-refractivity contribution in [1.29, 1.82) is 0 Å². The molecule has 0 bridgehead atoms. The van der Waals surface area contributed by atoms with E-state index in [-0.39, 0.29) is 0 Å². The fourth-order valence-electron chi connectivity index (χ4n) is 2.16. The van der Waals surface area contributed by atoms with Gasteiger partial charge in [-0.2, -0.15) is 0 Å². The normalized spacial score (nSPS) is 23.7. The van der Waals surface area contributed by atoms with E-state index in [9.17, 15) is 4.79 Å².